The number of hydrogen-bond donors (Lipinski definition) is 2. The Morgan fingerprint density at radius 3 is 2.03 bits per heavy atom. The molecule has 1 aliphatic rings. The minimum Gasteiger partial charge on any atom is -0.338 e. The third-order valence-electron chi connectivity index (χ3n) is 5.67. The van der Waals surface area contributed by atoms with E-state index in [9.17, 15) is 18.0 Å². The Labute approximate surface area is 173 Å². The standard InChI is InChI=1S/C20H32N4O4S/c1-7-21-20(26)22-19(25)17(6)23-8-10-24(11-9-23)29(27,28)18-15(4)13(2)12-14(3)16(18)5/h12,17H,7-11H2,1-6H3,(H2,21,22,25,26). The van der Waals surface area contributed by atoms with Crippen LogP contribution in [0.1, 0.15) is 36.1 Å². The van der Waals surface area contributed by atoms with E-state index in [0.29, 0.717) is 37.6 Å². The molecule has 3 amide bonds. The number of carbonyl (C=O) groups is 2. The van der Waals surface area contributed by atoms with Crippen LogP contribution in [0.3, 0.4) is 0 Å². The molecule has 162 valence electrons. The summed E-state index contributed by atoms with van der Waals surface area (Å²) < 4.78 is 28.2. The second-order valence-corrected chi connectivity index (χ2v) is 9.43. The van der Waals surface area contributed by atoms with Crippen molar-refractivity contribution in [2.24, 2.45) is 0 Å². The van der Waals surface area contributed by atoms with Crippen LogP contribution >= 0.6 is 0 Å². The summed E-state index contributed by atoms with van der Waals surface area (Å²) in [5, 5.41) is 4.83. The SMILES string of the molecule is CCNC(=O)NC(=O)C(C)N1CCN(S(=O)(=O)c2c(C)c(C)cc(C)c2C)CC1. The molecule has 8 nitrogen and oxygen atoms in total. The summed E-state index contributed by atoms with van der Waals surface area (Å²) in [7, 11) is -3.62. The first-order chi connectivity index (χ1) is 13.5. The van der Waals surface area contributed by atoms with Gasteiger partial charge in [0.25, 0.3) is 0 Å². The molecular formula is C20H32N4O4S. The topological polar surface area (TPSA) is 98.8 Å². The average molecular weight is 425 g/mol. The second kappa shape index (κ2) is 9.23. The first kappa shape index (κ1) is 23.3. The van der Waals surface area contributed by atoms with Crippen LogP contribution in [0.25, 0.3) is 0 Å². The molecule has 29 heavy (non-hydrogen) atoms. The van der Waals surface area contributed by atoms with E-state index in [2.05, 4.69) is 10.6 Å². The van der Waals surface area contributed by atoms with Gasteiger partial charge in [0.1, 0.15) is 0 Å². The number of urea groups is 1. The van der Waals surface area contributed by atoms with E-state index in [-0.39, 0.29) is 0 Å². The largest absolute Gasteiger partial charge is 0.338 e. The summed E-state index contributed by atoms with van der Waals surface area (Å²) in [6, 6.07) is 0.967. The Kier molecular flexibility index (Phi) is 7.42. The Balaban J connectivity index is 2.11. The monoisotopic (exact) mass is 424 g/mol. The van der Waals surface area contributed by atoms with Crippen LogP contribution in [0.2, 0.25) is 0 Å². The van der Waals surface area contributed by atoms with Crippen molar-refractivity contribution in [3.63, 3.8) is 0 Å². The van der Waals surface area contributed by atoms with Crippen LogP contribution < -0.4 is 10.6 Å². The number of imide groups is 1. The molecule has 1 saturated heterocycles. The number of rotatable bonds is 5. The van der Waals surface area contributed by atoms with Crippen LogP contribution in [0.15, 0.2) is 11.0 Å². The molecule has 1 aromatic rings. The van der Waals surface area contributed by atoms with Crippen LogP contribution in [-0.2, 0) is 14.8 Å². The minimum absolute atomic E-state index is 0.299. The number of carbonyl (C=O) groups excluding carboxylic acids is 2. The van der Waals surface area contributed by atoms with E-state index < -0.39 is 28.0 Å². The smallest absolute Gasteiger partial charge is 0.321 e. The highest BCUT2D eigenvalue weighted by molar-refractivity contribution is 7.89. The van der Waals surface area contributed by atoms with Crippen molar-refractivity contribution in [1.29, 1.82) is 0 Å². The molecule has 1 fully saturated rings. The fourth-order valence-corrected chi connectivity index (χ4v) is 5.61. The fraction of sp³-hybridized carbons (Fsp3) is 0.600. The Morgan fingerprint density at radius 2 is 1.55 bits per heavy atom. The Morgan fingerprint density at radius 1 is 1.03 bits per heavy atom. The van der Waals surface area contributed by atoms with Gasteiger partial charge in [-0.25, -0.2) is 13.2 Å². The van der Waals surface area contributed by atoms with Crippen LogP contribution in [-0.4, -0.2) is 68.3 Å². The molecule has 0 radical (unpaired) electrons. The van der Waals surface area contributed by atoms with Gasteiger partial charge in [-0.05, 0) is 63.8 Å². The van der Waals surface area contributed by atoms with Gasteiger partial charge in [0.05, 0.1) is 10.9 Å². The van der Waals surface area contributed by atoms with Gasteiger partial charge < -0.3 is 5.32 Å². The normalized spacial score (nSPS) is 17.0. The van der Waals surface area contributed by atoms with Crippen molar-refractivity contribution in [3.8, 4) is 0 Å². The molecule has 2 rings (SSSR count). The highest BCUT2D eigenvalue weighted by Gasteiger charge is 2.34. The van der Waals surface area contributed by atoms with E-state index in [4.69, 9.17) is 0 Å². The summed E-state index contributed by atoms with van der Waals surface area (Å²) in [6.07, 6.45) is 0. The number of piperazine rings is 1. The van der Waals surface area contributed by atoms with Crippen LogP contribution in [0.4, 0.5) is 4.79 Å². The Hall–Kier alpha value is -1.97. The fourth-order valence-electron chi connectivity index (χ4n) is 3.61. The van der Waals surface area contributed by atoms with Crippen molar-refractivity contribution in [2.75, 3.05) is 32.7 Å². The van der Waals surface area contributed by atoms with Crippen LogP contribution in [0.5, 0.6) is 0 Å². The number of nitrogens with one attached hydrogen (secondary N) is 2. The molecule has 1 heterocycles. The molecule has 1 aromatic carbocycles. The summed E-state index contributed by atoms with van der Waals surface area (Å²) in [4.78, 5) is 26.1. The van der Waals surface area contributed by atoms with Gasteiger partial charge in [-0.15, -0.1) is 0 Å². The lowest BCUT2D eigenvalue weighted by Gasteiger charge is -2.37. The molecule has 0 bridgehead atoms. The maximum Gasteiger partial charge on any atom is 0.321 e. The van der Waals surface area contributed by atoms with Crippen molar-refractivity contribution in [3.05, 3.63) is 28.3 Å². The van der Waals surface area contributed by atoms with Crippen molar-refractivity contribution in [2.45, 2.75) is 52.5 Å². The molecule has 1 unspecified atom stereocenters. The van der Waals surface area contributed by atoms with Gasteiger partial charge >= 0.3 is 6.03 Å². The second-order valence-electron chi connectivity index (χ2n) is 7.55. The predicted molar refractivity (Wildman–Crippen MR) is 112 cm³/mol. The molecule has 0 spiro atoms. The van der Waals surface area contributed by atoms with Gasteiger partial charge in [0.15, 0.2) is 0 Å². The van der Waals surface area contributed by atoms with Crippen molar-refractivity contribution < 1.29 is 18.0 Å². The number of nitrogens with zero attached hydrogens (tertiary/aromatic N) is 2. The number of aryl methyl sites for hydroxylation is 2. The maximum atomic E-state index is 13.3. The third-order valence-corrected chi connectivity index (χ3v) is 7.84. The van der Waals surface area contributed by atoms with Crippen molar-refractivity contribution in [1.82, 2.24) is 19.8 Å². The van der Waals surface area contributed by atoms with E-state index >= 15 is 0 Å². The van der Waals surface area contributed by atoms with E-state index in [1.165, 1.54) is 4.31 Å². The maximum absolute atomic E-state index is 13.3. The van der Waals surface area contributed by atoms with Crippen LogP contribution in [0, 0.1) is 27.7 Å². The third kappa shape index (κ3) is 4.96. The highest BCUT2D eigenvalue weighted by Crippen LogP contribution is 2.29. The number of benzene rings is 1. The first-order valence-corrected chi connectivity index (χ1v) is 11.3. The van der Waals surface area contributed by atoms with Gasteiger partial charge in [-0.3, -0.25) is 15.0 Å². The number of sulfonamides is 1. The minimum atomic E-state index is -3.62. The van der Waals surface area contributed by atoms with Crippen molar-refractivity contribution >= 4 is 22.0 Å². The van der Waals surface area contributed by atoms with E-state index in [1.807, 2.05) is 38.7 Å². The summed E-state index contributed by atoms with van der Waals surface area (Å²) in [5.74, 6) is -0.395. The lowest BCUT2D eigenvalue weighted by atomic mass is 10.0. The quantitative estimate of drug-likeness (QED) is 0.746. The highest BCUT2D eigenvalue weighted by atomic mass is 32.2. The average Bonchev–Trinajstić information content (AvgIpc) is 2.66. The number of amides is 3. The van der Waals surface area contributed by atoms with Gasteiger partial charge in [0, 0.05) is 32.7 Å². The molecule has 1 aliphatic heterocycles. The molecule has 1 atom stereocenters. The van der Waals surface area contributed by atoms with Gasteiger partial charge in [-0.2, -0.15) is 4.31 Å². The van der Waals surface area contributed by atoms with Gasteiger partial charge in [-0.1, -0.05) is 6.07 Å². The summed E-state index contributed by atoms with van der Waals surface area (Å²) in [6.45, 7) is 12.9. The zero-order valence-corrected chi connectivity index (χ0v) is 18.9. The molecule has 0 aliphatic carbocycles. The van der Waals surface area contributed by atoms with E-state index in [0.717, 1.165) is 22.3 Å². The molecule has 9 heteroatoms. The zero-order chi connectivity index (χ0) is 21.9. The lowest BCUT2D eigenvalue weighted by molar-refractivity contribution is -0.125. The zero-order valence-electron chi connectivity index (χ0n) is 18.1. The summed E-state index contributed by atoms with van der Waals surface area (Å²) >= 11 is 0. The number of hydrogen-bond acceptors (Lipinski definition) is 5. The van der Waals surface area contributed by atoms with E-state index in [1.54, 1.807) is 13.8 Å². The molecule has 0 saturated carbocycles. The lowest BCUT2D eigenvalue weighted by Crippen LogP contribution is -2.56. The molecular weight excluding hydrogens is 392 g/mol. The summed E-state index contributed by atoms with van der Waals surface area (Å²) in [5.41, 5.74) is 3.48. The first-order valence-electron chi connectivity index (χ1n) is 9.91. The van der Waals surface area contributed by atoms with Gasteiger partial charge in [0.2, 0.25) is 15.9 Å². The Bertz CT molecular complexity index is 864. The molecule has 2 N–H and O–H groups in total. The predicted octanol–water partition coefficient (Wildman–Crippen LogP) is 1.46. The molecule has 0 aromatic heterocycles.